The molecule has 34 heavy (non-hydrogen) atoms. The molecule has 1 saturated carbocycles. The minimum atomic E-state index is 0.284. The van der Waals surface area contributed by atoms with Crippen LogP contribution in [0.3, 0.4) is 0 Å². The van der Waals surface area contributed by atoms with Crippen LogP contribution < -0.4 is 10.6 Å². The van der Waals surface area contributed by atoms with Gasteiger partial charge in [-0.1, -0.05) is 0 Å². The molecule has 4 heterocycles. The summed E-state index contributed by atoms with van der Waals surface area (Å²) in [5.41, 5.74) is 5.26. The van der Waals surface area contributed by atoms with Gasteiger partial charge in [0, 0.05) is 24.9 Å². The largest absolute Gasteiger partial charge is 0.352 e. The highest BCUT2D eigenvalue weighted by molar-refractivity contribution is 5.75. The van der Waals surface area contributed by atoms with E-state index in [9.17, 15) is 4.79 Å². The number of nitrogens with one attached hydrogen (secondary N) is 2. The number of fused-ring (bicyclic) bond motifs is 1. The Morgan fingerprint density at radius 1 is 1.03 bits per heavy atom. The summed E-state index contributed by atoms with van der Waals surface area (Å²) >= 11 is 0. The van der Waals surface area contributed by atoms with Gasteiger partial charge in [0.2, 0.25) is 5.95 Å². The van der Waals surface area contributed by atoms with E-state index in [4.69, 9.17) is 4.98 Å². The van der Waals surface area contributed by atoms with E-state index >= 15 is 0 Å². The van der Waals surface area contributed by atoms with Crippen molar-refractivity contribution in [2.75, 3.05) is 10.6 Å². The van der Waals surface area contributed by atoms with Crippen molar-refractivity contribution < 1.29 is 4.79 Å². The molecule has 0 aromatic carbocycles. The number of aromatic nitrogens is 6. The average Bonchev–Trinajstić information content (AvgIpc) is 3.25. The maximum atomic E-state index is 11.4. The molecular weight excluding hydrogens is 428 g/mol. The summed E-state index contributed by atoms with van der Waals surface area (Å²) in [4.78, 5) is 33.5. The molecule has 0 atom stereocenters. The smallest absolute Gasteiger partial charge is 0.223 e. The van der Waals surface area contributed by atoms with E-state index in [1.165, 1.54) is 6.33 Å². The lowest BCUT2D eigenvalue weighted by Gasteiger charge is -2.28. The highest BCUT2D eigenvalue weighted by Gasteiger charge is 2.23. The van der Waals surface area contributed by atoms with Crippen LogP contribution in [0.1, 0.15) is 44.6 Å². The highest BCUT2D eigenvalue weighted by Crippen LogP contribution is 2.30. The van der Waals surface area contributed by atoms with Crippen molar-refractivity contribution in [1.82, 2.24) is 29.3 Å². The molecule has 4 aromatic rings. The second-order valence-corrected chi connectivity index (χ2v) is 9.03. The van der Waals surface area contributed by atoms with E-state index in [1.54, 1.807) is 19.3 Å². The Morgan fingerprint density at radius 3 is 2.59 bits per heavy atom. The molecule has 0 aliphatic heterocycles. The molecule has 9 nitrogen and oxygen atoms in total. The van der Waals surface area contributed by atoms with Gasteiger partial charge in [0.1, 0.15) is 17.8 Å². The Labute approximate surface area is 198 Å². The van der Waals surface area contributed by atoms with Crippen LogP contribution in [0.25, 0.3) is 17.0 Å². The second-order valence-electron chi connectivity index (χ2n) is 9.03. The molecular formula is C25H28N8O. The highest BCUT2D eigenvalue weighted by atomic mass is 16.1. The van der Waals surface area contributed by atoms with Gasteiger partial charge in [0.25, 0.3) is 0 Å². The summed E-state index contributed by atoms with van der Waals surface area (Å²) in [5.74, 6) is 1.42. The maximum absolute atomic E-state index is 11.4. The molecule has 0 bridgehead atoms. The van der Waals surface area contributed by atoms with Crippen LogP contribution in [0.4, 0.5) is 17.3 Å². The molecule has 174 valence electrons. The van der Waals surface area contributed by atoms with Gasteiger partial charge in [-0.25, -0.2) is 24.9 Å². The number of aryl methyl sites for hydroxylation is 1. The summed E-state index contributed by atoms with van der Waals surface area (Å²) in [6, 6.07) is 4.26. The number of Topliss-reactive ketones (excluding diaryl/α,β-unsaturated/α-hetero) is 1. The molecule has 0 spiro atoms. The third-order valence-electron chi connectivity index (χ3n) is 6.33. The van der Waals surface area contributed by atoms with Crippen LogP contribution in [0.5, 0.6) is 0 Å². The number of hydrogen-bond acceptors (Lipinski definition) is 8. The van der Waals surface area contributed by atoms with Gasteiger partial charge in [-0.05, 0) is 63.1 Å². The van der Waals surface area contributed by atoms with Gasteiger partial charge in [0.05, 0.1) is 41.4 Å². The lowest BCUT2D eigenvalue weighted by Crippen LogP contribution is -2.27. The second kappa shape index (κ2) is 9.54. The van der Waals surface area contributed by atoms with Gasteiger partial charge in [-0.15, -0.1) is 0 Å². The van der Waals surface area contributed by atoms with E-state index in [-0.39, 0.29) is 5.78 Å². The van der Waals surface area contributed by atoms with Crippen molar-refractivity contribution in [2.24, 2.45) is 5.92 Å². The summed E-state index contributed by atoms with van der Waals surface area (Å²) < 4.78 is 2.03. The average molecular weight is 457 g/mol. The molecule has 9 heteroatoms. The van der Waals surface area contributed by atoms with E-state index in [2.05, 4.69) is 30.6 Å². The zero-order valence-corrected chi connectivity index (χ0v) is 19.4. The zero-order chi connectivity index (χ0) is 23.5. The van der Waals surface area contributed by atoms with Crippen LogP contribution in [0, 0.1) is 12.8 Å². The lowest BCUT2D eigenvalue weighted by molar-refractivity contribution is -0.118. The third-order valence-corrected chi connectivity index (χ3v) is 6.33. The first-order valence-electron chi connectivity index (χ1n) is 11.6. The van der Waals surface area contributed by atoms with Crippen molar-refractivity contribution in [2.45, 2.75) is 52.0 Å². The maximum Gasteiger partial charge on any atom is 0.223 e. The van der Waals surface area contributed by atoms with Gasteiger partial charge >= 0.3 is 0 Å². The Balaban J connectivity index is 1.36. The first-order chi connectivity index (χ1) is 16.5. The fourth-order valence-electron chi connectivity index (χ4n) is 4.63. The molecule has 0 unspecified atom stereocenters. The van der Waals surface area contributed by atoms with Crippen LogP contribution in [-0.2, 0) is 4.79 Å². The van der Waals surface area contributed by atoms with Crippen molar-refractivity contribution in [1.29, 1.82) is 0 Å². The van der Waals surface area contributed by atoms with Gasteiger partial charge < -0.3 is 15.4 Å². The number of carbonyl (C=O) groups is 1. The van der Waals surface area contributed by atoms with E-state index in [0.29, 0.717) is 24.3 Å². The number of imidazole rings is 1. The monoisotopic (exact) mass is 456 g/mol. The summed E-state index contributed by atoms with van der Waals surface area (Å²) in [7, 11) is 0. The van der Waals surface area contributed by atoms with E-state index < -0.39 is 0 Å². The van der Waals surface area contributed by atoms with Gasteiger partial charge in [-0.2, -0.15) is 0 Å². The third kappa shape index (κ3) is 4.88. The summed E-state index contributed by atoms with van der Waals surface area (Å²) in [5, 5.41) is 6.83. The topological polar surface area (TPSA) is 110 Å². The van der Waals surface area contributed by atoms with Crippen LogP contribution in [0.15, 0.2) is 49.4 Å². The fraction of sp³-hybridized carbons (Fsp3) is 0.360. The minimum absolute atomic E-state index is 0.284. The molecule has 1 aliphatic carbocycles. The molecule has 5 rings (SSSR count). The number of rotatable bonds is 7. The minimum Gasteiger partial charge on any atom is -0.352 e. The quantitative estimate of drug-likeness (QED) is 0.416. The van der Waals surface area contributed by atoms with Gasteiger partial charge in [-0.3, -0.25) is 4.40 Å². The van der Waals surface area contributed by atoms with Gasteiger partial charge in [0.15, 0.2) is 0 Å². The van der Waals surface area contributed by atoms with E-state index in [1.807, 2.05) is 42.0 Å². The molecule has 4 aromatic heterocycles. The predicted octanol–water partition coefficient (Wildman–Crippen LogP) is 4.58. The number of hydrogen-bond donors (Lipinski definition) is 2. The molecule has 0 saturated heterocycles. The number of ketones is 1. The number of pyridine rings is 1. The van der Waals surface area contributed by atoms with Crippen LogP contribution in [0.2, 0.25) is 0 Å². The molecule has 1 aliphatic rings. The molecule has 2 N–H and O–H groups in total. The number of nitrogens with zero attached hydrogens (tertiary/aromatic N) is 6. The molecule has 0 radical (unpaired) electrons. The number of carbonyl (C=O) groups excluding carboxylic acids is 1. The fourth-order valence-corrected chi connectivity index (χ4v) is 4.63. The van der Waals surface area contributed by atoms with Crippen LogP contribution in [-0.4, -0.2) is 41.1 Å². The van der Waals surface area contributed by atoms with E-state index in [0.717, 1.165) is 59.7 Å². The predicted molar refractivity (Wildman–Crippen MR) is 131 cm³/mol. The lowest BCUT2D eigenvalue weighted by atomic mass is 9.83. The first-order valence-corrected chi connectivity index (χ1v) is 11.6. The first kappa shape index (κ1) is 21.9. The van der Waals surface area contributed by atoms with Crippen LogP contribution >= 0.6 is 0 Å². The summed E-state index contributed by atoms with van der Waals surface area (Å²) in [6.45, 7) is 3.69. The van der Waals surface area contributed by atoms with Crippen molar-refractivity contribution in [3.05, 3.63) is 55.0 Å². The Bertz CT molecular complexity index is 1300. The SMILES string of the molecule is CC(=O)CC1CCC(Nc2ncc(C)c(-c3cnc4ccc(Nc5cncnc5)cn34)n2)CC1. The molecule has 0 amide bonds. The Kier molecular flexibility index (Phi) is 6.16. The summed E-state index contributed by atoms with van der Waals surface area (Å²) in [6.07, 6.45) is 15.5. The zero-order valence-electron chi connectivity index (χ0n) is 19.4. The Morgan fingerprint density at radius 2 is 1.82 bits per heavy atom. The van der Waals surface area contributed by atoms with Crippen molar-refractivity contribution >= 4 is 28.8 Å². The Hall–Kier alpha value is -3.88. The number of anilines is 3. The molecule has 1 fully saturated rings. The normalized spacial score (nSPS) is 18.1. The van der Waals surface area contributed by atoms with Crippen molar-refractivity contribution in [3.8, 4) is 11.4 Å². The standard InChI is InChI=1S/C25H28N8O/c1-16-10-29-25(31-19-5-3-18(4-6-19)9-17(2)34)32-24(16)22-13-28-23-8-7-20(14-33(22)23)30-21-11-26-15-27-12-21/h7-8,10-15,18-19,30H,3-6,9H2,1-2H3,(H,29,31,32). The van der Waals surface area contributed by atoms with Crippen molar-refractivity contribution in [3.63, 3.8) is 0 Å².